The van der Waals surface area contributed by atoms with E-state index in [1.807, 2.05) is 17.5 Å². The minimum atomic E-state index is -0.687. The number of likely N-dealkylation sites (tertiary alicyclic amines) is 1. The van der Waals surface area contributed by atoms with E-state index in [0.717, 1.165) is 18.0 Å². The molecule has 166 valence electrons. The Morgan fingerprint density at radius 3 is 2.48 bits per heavy atom. The molecule has 1 amide bonds. The zero-order chi connectivity index (χ0) is 22.5. The lowest BCUT2D eigenvalue weighted by molar-refractivity contribution is -0.140. The normalized spacial score (nSPS) is 18.1. The zero-order valence-electron chi connectivity index (χ0n) is 18.3. The van der Waals surface area contributed by atoms with Crippen LogP contribution in [-0.4, -0.2) is 67.0 Å². The third-order valence-corrected chi connectivity index (χ3v) is 6.49. The Bertz CT molecular complexity index is 966. The molecule has 0 radical (unpaired) electrons. The second-order valence-corrected chi connectivity index (χ2v) is 8.08. The van der Waals surface area contributed by atoms with Gasteiger partial charge in [-0.15, -0.1) is 11.3 Å². The number of nitrogens with zero attached hydrogens (tertiary/aromatic N) is 2. The van der Waals surface area contributed by atoms with Crippen LogP contribution in [0.25, 0.3) is 5.76 Å². The predicted octanol–water partition coefficient (Wildman–Crippen LogP) is 3.53. The van der Waals surface area contributed by atoms with E-state index in [0.29, 0.717) is 30.2 Å². The maximum atomic E-state index is 13.1. The number of thiophene rings is 1. The van der Waals surface area contributed by atoms with Crippen LogP contribution in [0.15, 0.2) is 41.3 Å². The highest BCUT2D eigenvalue weighted by molar-refractivity contribution is 7.10. The van der Waals surface area contributed by atoms with Crippen molar-refractivity contribution in [2.75, 3.05) is 40.4 Å². The van der Waals surface area contributed by atoms with Gasteiger partial charge in [-0.3, -0.25) is 9.59 Å². The van der Waals surface area contributed by atoms with Crippen LogP contribution in [0.4, 0.5) is 0 Å². The van der Waals surface area contributed by atoms with Crippen molar-refractivity contribution in [2.45, 2.75) is 19.9 Å². The number of benzene rings is 1. The van der Waals surface area contributed by atoms with Crippen LogP contribution >= 0.6 is 11.3 Å². The van der Waals surface area contributed by atoms with Gasteiger partial charge in [0.25, 0.3) is 11.7 Å². The quantitative estimate of drug-likeness (QED) is 0.362. The number of amides is 1. The maximum Gasteiger partial charge on any atom is 0.295 e. The summed E-state index contributed by atoms with van der Waals surface area (Å²) in [6.07, 6.45) is 0. The van der Waals surface area contributed by atoms with E-state index < -0.39 is 17.7 Å². The van der Waals surface area contributed by atoms with Crippen molar-refractivity contribution in [3.05, 3.63) is 51.7 Å². The van der Waals surface area contributed by atoms with Crippen molar-refractivity contribution < 1.29 is 24.2 Å². The molecule has 1 atom stereocenters. The first-order chi connectivity index (χ1) is 15.0. The Morgan fingerprint density at radius 2 is 1.90 bits per heavy atom. The second kappa shape index (κ2) is 9.98. The smallest absolute Gasteiger partial charge is 0.295 e. The van der Waals surface area contributed by atoms with Crippen molar-refractivity contribution in [2.24, 2.45) is 0 Å². The number of rotatable bonds is 9. The fourth-order valence-electron chi connectivity index (χ4n) is 3.78. The lowest BCUT2D eigenvalue weighted by Gasteiger charge is -2.27. The number of hydrogen-bond donors (Lipinski definition) is 1. The van der Waals surface area contributed by atoms with Crippen molar-refractivity contribution >= 4 is 28.8 Å². The Morgan fingerprint density at radius 1 is 1.16 bits per heavy atom. The molecule has 31 heavy (non-hydrogen) atoms. The van der Waals surface area contributed by atoms with Gasteiger partial charge in [-0.25, -0.2) is 0 Å². The molecular weight excluding hydrogens is 416 g/mol. The molecule has 1 fully saturated rings. The van der Waals surface area contributed by atoms with Crippen molar-refractivity contribution in [3.8, 4) is 11.5 Å². The summed E-state index contributed by atoms with van der Waals surface area (Å²) >= 11 is 1.45. The van der Waals surface area contributed by atoms with E-state index in [-0.39, 0.29) is 11.3 Å². The highest BCUT2D eigenvalue weighted by Gasteiger charge is 2.46. The highest BCUT2D eigenvalue weighted by Crippen LogP contribution is 2.42. The van der Waals surface area contributed by atoms with Crippen molar-refractivity contribution in [1.29, 1.82) is 0 Å². The summed E-state index contributed by atoms with van der Waals surface area (Å²) in [7, 11) is 3.01. The topological polar surface area (TPSA) is 79.3 Å². The van der Waals surface area contributed by atoms with Gasteiger partial charge in [0.05, 0.1) is 31.4 Å². The Labute approximate surface area is 186 Å². The summed E-state index contributed by atoms with van der Waals surface area (Å²) in [6, 6.07) is 8.05. The molecular formula is C23H28N2O5S. The average Bonchev–Trinajstić information content (AvgIpc) is 3.41. The molecule has 7 nitrogen and oxygen atoms in total. The molecule has 0 aliphatic carbocycles. The van der Waals surface area contributed by atoms with E-state index >= 15 is 0 Å². The number of carbonyl (C=O) groups is 2. The van der Waals surface area contributed by atoms with Crippen LogP contribution in [0.5, 0.6) is 11.5 Å². The van der Waals surface area contributed by atoms with E-state index in [1.165, 1.54) is 25.6 Å². The van der Waals surface area contributed by atoms with Crippen LogP contribution in [0, 0.1) is 0 Å². The molecule has 3 rings (SSSR count). The van der Waals surface area contributed by atoms with Gasteiger partial charge in [-0.2, -0.15) is 0 Å². The van der Waals surface area contributed by atoms with Gasteiger partial charge in [-0.05, 0) is 36.7 Å². The Hall–Kier alpha value is -2.84. The molecule has 1 aromatic heterocycles. The number of carbonyl (C=O) groups excluding carboxylic acids is 2. The molecule has 0 spiro atoms. The number of ketones is 1. The monoisotopic (exact) mass is 444 g/mol. The molecule has 8 heteroatoms. The molecule has 1 aromatic carbocycles. The number of Topliss-reactive ketones (excluding diaryl/α,β-unsaturated/α-hetero) is 1. The SMILES string of the molecule is CCN(CC)CCN1C(=O)C(=O)/C(=C(\O)c2ccc(OC)cc2OC)C1c1cccs1. The molecule has 1 N–H and O–H groups in total. The minimum absolute atomic E-state index is 0.0791. The fraction of sp³-hybridized carbons (Fsp3) is 0.391. The number of aliphatic hydroxyl groups is 1. The Balaban J connectivity index is 2.09. The molecule has 2 aromatic rings. The van der Waals surface area contributed by atoms with Crippen LogP contribution in [0.3, 0.4) is 0 Å². The largest absolute Gasteiger partial charge is 0.507 e. The number of aliphatic hydroxyl groups excluding tert-OH is 1. The third kappa shape index (κ3) is 4.45. The molecule has 0 saturated carbocycles. The molecule has 1 aliphatic rings. The third-order valence-electron chi connectivity index (χ3n) is 5.57. The number of ether oxygens (including phenoxy) is 2. The van der Waals surface area contributed by atoms with Gasteiger partial charge < -0.3 is 24.4 Å². The van der Waals surface area contributed by atoms with Crippen LogP contribution in [0.2, 0.25) is 0 Å². The van der Waals surface area contributed by atoms with Gasteiger partial charge in [0.2, 0.25) is 0 Å². The zero-order valence-corrected chi connectivity index (χ0v) is 19.1. The first-order valence-electron chi connectivity index (χ1n) is 10.2. The summed E-state index contributed by atoms with van der Waals surface area (Å²) in [6.45, 7) is 6.87. The first kappa shape index (κ1) is 22.8. The van der Waals surface area contributed by atoms with E-state index in [1.54, 1.807) is 23.1 Å². The molecule has 1 aliphatic heterocycles. The van der Waals surface area contributed by atoms with Gasteiger partial charge in [0, 0.05) is 24.0 Å². The predicted molar refractivity (Wildman–Crippen MR) is 121 cm³/mol. The minimum Gasteiger partial charge on any atom is -0.507 e. The van der Waals surface area contributed by atoms with Gasteiger partial charge in [-0.1, -0.05) is 19.9 Å². The van der Waals surface area contributed by atoms with E-state index in [9.17, 15) is 14.7 Å². The van der Waals surface area contributed by atoms with Crippen molar-refractivity contribution in [3.63, 3.8) is 0 Å². The summed E-state index contributed by atoms with van der Waals surface area (Å²) in [5.41, 5.74) is 0.419. The van der Waals surface area contributed by atoms with Crippen LogP contribution in [0.1, 0.15) is 30.3 Å². The lowest BCUT2D eigenvalue weighted by atomic mass is 9.99. The molecule has 0 bridgehead atoms. The summed E-state index contributed by atoms with van der Waals surface area (Å²) in [5, 5.41) is 13.1. The van der Waals surface area contributed by atoms with E-state index in [4.69, 9.17) is 9.47 Å². The summed E-state index contributed by atoms with van der Waals surface area (Å²) in [5.74, 6) is -0.617. The van der Waals surface area contributed by atoms with Crippen LogP contribution in [-0.2, 0) is 9.59 Å². The standard InChI is InChI=1S/C23H28N2O5S/c1-5-24(6-2)11-12-25-20(18-8-7-13-31-18)19(22(27)23(25)28)21(26)16-10-9-15(29-3)14-17(16)30-4/h7-10,13-14,20,26H,5-6,11-12H2,1-4H3/b21-19-. The average molecular weight is 445 g/mol. The number of hydrogen-bond acceptors (Lipinski definition) is 7. The molecule has 2 heterocycles. The molecule has 1 unspecified atom stereocenters. The number of methoxy groups -OCH3 is 2. The molecule has 1 saturated heterocycles. The van der Waals surface area contributed by atoms with Crippen molar-refractivity contribution in [1.82, 2.24) is 9.80 Å². The summed E-state index contributed by atoms with van der Waals surface area (Å²) < 4.78 is 10.6. The van der Waals surface area contributed by atoms with Gasteiger partial charge in [0.15, 0.2) is 0 Å². The summed E-state index contributed by atoms with van der Waals surface area (Å²) in [4.78, 5) is 30.6. The number of likely N-dealkylation sites (N-methyl/N-ethyl adjacent to an activating group) is 1. The van der Waals surface area contributed by atoms with Gasteiger partial charge in [0.1, 0.15) is 17.3 Å². The second-order valence-electron chi connectivity index (χ2n) is 7.10. The van der Waals surface area contributed by atoms with Crippen LogP contribution < -0.4 is 9.47 Å². The highest BCUT2D eigenvalue weighted by atomic mass is 32.1. The van der Waals surface area contributed by atoms with Gasteiger partial charge >= 0.3 is 0 Å². The first-order valence-corrected chi connectivity index (χ1v) is 11.1. The Kier molecular flexibility index (Phi) is 7.35. The van der Waals surface area contributed by atoms with E-state index in [2.05, 4.69) is 18.7 Å². The fourth-order valence-corrected chi connectivity index (χ4v) is 4.63. The maximum absolute atomic E-state index is 13.1. The lowest BCUT2D eigenvalue weighted by Crippen LogP contribution is -2.37.